The summed E-state index contributed by atoms with van der Waals surface area (Å²) in [6.07, 6.45) is 2.22. The first-order valence-corrected chi connectivity index (χ1v) is 8.52. The molecule has 1 atom stereocenters. The molecule has 3 rings (SSSR count). The van der Waals surface area contributed by atoms with E-state index >= 15 is 0 Å². The second kappa shape index (κ2) is 5.90. The molecule has 1 aliphatic heterocycles. The van der Waals surface area contributed by atoms with Crippen LogP contribution in [0, 0.1) is 6.92 Å². The summed E-state index contributed by atoms with van der Waals surface area (Å²) in [4.78, 5) is 0.199. The van der Waals surface area contributed by atoms with E-state index in [0.29, 0.717) is 0 Å². The Labute approximate surface area is 136 Å². The van der Waals surface area contributed by atoms with Gasteiger partial charge in [0.15, 0.2) is 0 Å². The van der Waals surface area contributed by atoms with Crippen molar-refractivity contribution in [1.29, 1.82) is 0 Å². The highest BCUT2D eigenvalue weighted by Gasteiger charge is 2.17. The van der Waals surface area contributed by atoms with E-state index in [0.717, 1.165) is 29.7 Å². The van der Waals surface area contributed by atoms with Gasteiger partial charge in [-0.25, -0.2) is 0 Å². The lowest BCUT2D eigenvalue weighted by atomic mass is 9.98. The molecule has 1 unspecified atom stereocenters. The first-order chi connectivity index (χ1) is 9.65. The fourth-order valence-corrected chi connectivity index (χ4v) is 4.27. The third kappa shape index (κ3) is 2.79. The van der Waals surface area contributed by atoms with Gasteiger partial charge in [0.1, 0.15) is 5.75 Å². The molecule has 0 radical (unpaired) electrons. The Morgan fingerprint density at radius 1 is 1.15 bits per heavy atom. The summed E-state index contributed by atoms with van der Waals surface area (Å²) >= 11 is 7.49. The molecule has 1 nitrogen and oxygen atoms in total. The van der Waals surface area contributed by atoms with Gasteiger partial charge in [-0.1, -0.05) is 56.1 Å². The highest BCUT2D eigenvalue weighted by Crippen LogP contribution is 2.38. The molecule has 0 N–H and O–H groups in total. The minimum absolute atomic E-state index is 0.199. The lowest BCUT2D eigenvalue weighted by molar-refractivity contribution is 0.288. The van der Waals surface area contributed by atoms with Crippen LogP contribution in [0.2, 0.25) is 0 Å². The predicted octanol–water partition coefficient (Wildman–Crippen LogP) is 5.57. The summed E-state index contributed by atoms with van der Waals surface area (Å²) in [5.74, 6) is 1.04. The highest BCUT2D eigenvalue weighted by atomic mass is 79.9. The Bertz CT molecular complexity index is 637. The molecule has 104 valence electrons. The second-order valence-corrected chi connectivity index (χ2v) is 6.98. The quantitative estimate of drug-likeness (QED) is 0.604. The molecule has 0 aromatic heterocycles. The van der Waals surface area contributed by atoms with Crippen molar-refractivity contribution in [3.63, 3.8) is 0 Å². The second-order valence-electron chi connectivity index (χ2n) is 5.21. The fraction of sp³-hybridized carbons (Fsp3) is 0.294. The van der Waals surface area contributed by atoms with Crippen LogP contribution in [-0.2, 0) is 6.42 Å². The van der Waals surface area contributed by atoms with Crippen LogP contribution >= 0.6 is 31.9 Å². The standard InChI is InChI=1S/C17H16Br2O/c1-11-4-6-14(15(18)9-11)17(19)13-5-7-16-12(10-13)3-2-8-20-16/h4-7,9-10,17H,2-3,8H2,1H3. The van der Waals surface area contributed by atoms with E-state index in [4.69, 9.17) is 4.74 Å². The van der Waals surface area contributed by atoms with E-state index in [2.05, 4.69) is 75.2 Å². The lowest BCUT2D eigenvalue weighted by Crippen LogP contribution is -2.09. The van der Waals surface area contributed by atoms with Crippen LogP contribution in [0.4, 0.5) is 0 Å². The molecule has 0 saturated heterocycles. The van der Waals surface area contributed by atoms with Gasteiger partial charge in [-0.15, -0.1) is 0 Å². The van der Waals surface area contributed by atoms with Gasteiger partial charge in [0.25, 0.3) is 0 Å². The molecule has 20 heavy (non-hydrogen) atoms. The van der Waals surface area contributed by atoms with E-state index in [1.165, 1.54) is 22.3 Å². The summed E-state index contributed by atoms with van der Waals surface area (Å²) in [5.41, 5.74) is 5.12. The van der Waals surface area contributed by atoms with Crippen molar-refractivity contribution in [1.82, 2.24) is 0 Å². The van der Waals surface area contributed by atoms with Crippen molar-refractivity contribution in [2.75, 3.05) is 6.61 Å². The van der Waals surface area contributed by atoms with Gasteiger partial charge in [-0.3, -0.25) is 0 Å². The molecular formula is C17H16Br2O. The molecule has 1 aliphatic rings. The maximum Gasteiger partial charge on any atom is 0.122 e. The summed E-state index contributed by atoms with van der Waals surface area (Å²) in [6, 6.07) is 13.0. The summed E-state index contributed by atoms with van der Waals surface area (Å²) < 4.78 is 6.83. The number of hydrogen-bond acceptors (Lipinski definition) is 1. The van der Waals surface area contributed by atoms with E-state index < -0.39 is 0 Å². The maximum absolute atomic E-state index is 5.68. The third-order valence-corrected chi connectivity index (χ3v) is 5.36. The number of fused-ring (bicyclic) bond motifs is 1. The van der Waals surface area contributed by atoms with Gasteiger partial charge in [0.05, 0.1) is 11.4 Å². The zero-order valence-electron chi connectivity index (χ0n) is 11.3. The average Bonchev–Trinajstić information content (AvgIpc) is 2.46. The molecule has 2 aromatic carbocycles. The van der Waals surface area contributed by atoms with Crippen molar-refractivity contribution in [3.05, 3.63) is 63.1 Å². The number of aryl methyl sites for hydroxylation is 2. The topological polar surface area (TPSA) is 9.23 Å². The summed E-state index contributed by atoms with van der Waals surface area (Å²) in [7, 11) is 0. The van der Waals surface area contributed by atoms with Gasteiger partial charge < -0.3 is 4.74 Å². The van der Waals surface area contributed by atoms with Crippen LogP contribution in [0.25, 0.3) is 0 Å². The summed E-state index contributed by atoms with van der Waals surface area (Å²) in [6.45, 7) is 2.95. The van der Waals surface area contributed by atoms with Crippen molar-refractivity contribution >= 4 is 31.9 Å². The zero-order valence-corrected chi connectivity index (χ0v) is 14.5. The molecule has 1 heterocycles. The van der Waals surface area contributed by atoms with Gasteiger partial charge in [0, 0.05) is 4.47 Å². The SMILES string of the molecule is Cc1ccc(C(Br)c2ccc3c(c2)CCCO3)c(Br)c1. The fourth-order valence-electron chi connectivity index (χ4n) is 2.56. The molecular weight excluding hydrogens is 380 g/mol. The van der Waals surface area contributed by atoms with Crippen LogP contribution in [0.3, 0.4) is 0 Å². The van der Waals surface area contributed by atoms with Crippen molar-refractivity contribution in [2.24, 2.45) is 0 Å². The Kier molecular flexibility index (Phi) is 4.18. The Balaban J connectivity index is 1.95. The largest absolute Gasteiger partial charge is 0.493 e. The number of benzene rings is 2. The van der Waals surface area contributed by atoms with Crippen LogP contribution in [-0.4, -0.2) is 6.61 Å². The lowest BCUT2D eigenvalue weighted by Gasteiger charge is -2.20. The van der Waals surface area contributed by atoms with E-state index in [1.807, 2.05) is 0 Å². The minimum atomic E-state index is 0.199. The number of rotatable bonds is 2. The van der Waals surface area contributed by atoms with Crippen molar-refractivity contribution in [3.8, 4) is 5.75 Å². The number of halogens is 2. The Hall–Kier alpha value is -0.800. The smallest absolute Gasteiger partial charge is 0.122 e. The molecule has 0 saturated carbocycles. The summed E-state index contributed by atoms with van der Waals surface area (Å²) in [5, 5.41) is 0. The first-order valence-electron chi connectivity index (χ1n) is 6.81. The molecule has 2 aromatic rings. The van der Waals surface area contributed by atoms with E-state index in [9.17, 15) is 0 Å². The molecule has 0 aliphatic carbocycles. The number of ether oxygens (including phenoxy) is 1. The molecule has 3 heteroatoms. The van der Waals surface area contributed by atoms with Gasteiger partial charge >= 0.3 is 0 Å². The van der Waals surface area contributed by atoms with Gasteiger partial charge in [-0.2, -0.15) is 0 Å². The normalized spacial score (nSPS) is 15.3. The third-order valence-electron chi connectivity index (χ3n) is 3.65. The van der Waals surface area contributed by atoms with Crippen LogP contribution in [0.1, 0.15) is 33.5 Å². The van der Waals surface area contributed by atoms with Crippen LogP contribution < -0.4 is 4.74 Å². The molecule has 0 spiro atoms. The Morgan fingerprint density at radius 3 is 2.80 bits per heavy atom. The van der Waals surface area contributed by atoms with Crippen LogP contribution in [0.5, 0.6) is 5.75 Å². The Morgan fingerprint density at radius 2 is 2.00 bits per heavy atom. The van der Waals surface area contributed by atoms with Crippen LogP contribution in [0.15, 0.2) is 40.9 Å². The van der Waals surface area contributed by atoms with Gasteiger partial charge in [-0.05, 0) is 54.2 Å². The van der Waals surface area contributed by atoms with Gasteiger partial charge in [0.2, 0.25) is 0 Å². The minimum Gasteiger partial charge on any atom is -0.493 e. The van der Waals surface area contributed by atoms with E-state index in [-0.39, 0.29) is 4.83 Å². The maximum atomic E-state index is 5.68. The molecule has 0 amide bonds. The number of alkyl halides is 1. The van der Waals surface area contributed by atoms with Crippen molar-refractivity contribution in [2.45, 2.75) is 24.6 Å². The van der Waals surface area contributed by atoms with E-state index in [1.54, 1.807) is 0 Å². The number of hydrogen-bond donors (Lipinski definition) is 0. The zero-order chi connectivity index (χ0) is 14.1. The predicted molar refractivity (Wildman–Crippen MR) is 89.9 cm³/mol. The first kappa shape index (κ1) is 14.2. The molecule has 0 bridgehead atoms. The highest BCUT2D eigenvalue weighted by molar-refractivity contribution is 9.11. The molecule has 0 fully saturated rings. The van der Waals surface area contributed by atoms with Crippen molar-refractivity contribution < 1.29 is 4.74 Å². The monoisotopic (exact) mass is 394 g/mol. The average molecular weight is 396 g/mol.